The van der Waals surface area contributed by atoms with Gasteiger partial charge in [-0.3, -0.25) is 4.79 Å². The van der Waals surface area contributed by atoms with Crippen molar-refractivity contribution in [3.05, 3.63) is 53.6 Å². The van der Waals surface area contributed by atoms with E-state index in [9.17, 15) is 9.59 Å². The second-order valence-electron chi connectivity index (χ2n) is 6.73. The van der Waals surface area contributed by atoms with Gasteiger partial charge in [0.1, 0.15) is 5.75 Å². The molecule has 6 heteroatoms. The number of aryl methyl sites for hydroxylation is 1. The third kappa shape index (κ3) is 4.22. The minimum atomic E-state index is -0.198. The lowest BCUT2D eigenvalue weighted by Crippen LogP contribution is -2.34. The molecule has 1 atom stereocenters. The third-order valence-electron chi connectivity index (χ3n) is 4.82. The van der Waals surface area contributed by atoms with E-state index in [0.29, 0.717) is 17.1 Å². The zero-order valence-electron chi connectivity index (χ0n) is 15.9. The molecular weight excluding hydrogens is 342 g/mol. The number of rotatable bonds is 4. The molecule has 0 radical (unpaired) electrons. The van der Waals surface area contributed by atoms with Gasteiger partial charge >= 0.3 is 6.03 Å². The third-order valence-corrected chi connectivity index (χ3v) is 4.82. The monoisotopic (exact) mass is 367 g/mol. The van der Waals surface area contributed by atoms with E-state index in [2.05, 4.69) is 29.7 Å². The summed E-state index contributed by atoms with van der Waals surface area (Å²) in [5.74, 6) is 0.345. The molecule has 3 amide bonds. The van der Waals surface area contributed by atoms with Crippen molar-refractivity contribution < 1.29 is 14.3 Å². The maximum absolute atomic E-state index is 12.9. The van der Waals surface area contributed by atoms with Crippen molar-refractivity contribution in [1.29, 1.82) is 0 Å². The SMILES string of the molecule is COc1ccc(NC(=O)N2CCCC2c2ccccc2C)cc1NC(C)=O. The van der Waals surface area contributed by atoms with Gasteiger partial charge in [0.15, 0.2) is 0 Å². The molecule has 1 fully saturated rings. The molecule has 1 unspecified atom stereocenters. The lowest BCUT2D eigenvalue weighted by Gasteiger charge is -2.26. The average Bonchev–Trinajstić information content (AvgIpc) is 3.11. The molecule has 27 heavy (non-hydrogen) atoms. The summed E-state index contributed by atoms with van der Waals surface area (Å²) >= 11 is 0. The molecule has 0 bridgehead atoms. The highest BCUT2D eigenvalue weighted by molar-refractivity contribution is 5.94. The highest BCUT2D eigenvalue weighted by atomic mass is 16.5. The largest absolute Gasteiger partial charge is 0.495 e. The van der Waals surface area contributed by atoms with Gasteiger partial charge in [-0.25, -0.2) is 4.79 Å². The van der Waals surface area contributed by atoms with E-state index in [-0.39, 0.29) is 18.0 Å². The van der Waals surface area contributed by atoms with Crippen LogP contribution in [0.4, 0.5) is 16.2 Å². The summed E-state index contributed by atoms with van der Waals surface area (Å²) in [6.07, 6.45) is 1.93. The first kappa shape index (κ1) is 18.8. The molecule has 0 spiro atoms. The molecule has 1 heterocycles. The van der Waals surface area contributed by atoms with Gasteiger partial charge in [0, 0.05) is 19.2 Å². The number of hydrogen-bond donors (Lipinski definition) is 2. The van der Waals surface area contributed by atoms with Crippen LogP contribution in [0.5, 0.6) is 5.75 Å². The number of anilines is 2. The van der Waals surface area contributed by atoms with Crippen LogP contribution in [0.2, 0.25) is 0 Å². The first-order chi connectivity index (χ1) is 13.0. The molecule has 2 aromatic rings. The van der Waals surface area contributed by atoms with Crippen molar-refractivity contribution in [2.75, 3.05) is 24.3 Å². The van der Waals surface area contributed by atoms with Gasteiger partial charge in [-0.1, -0.05) is 24.3 Å². The maximum Gasteiger partial charge on any atom is 0.322 e. The Morgan fingerprint density at radius 2 is 1.93 bits per heavy atom. The standard InChI is InChI=1S/C21H25N3O3/c1-14-7-4-5-8-17(14)19-9-6-12-24(19)21(26)23-16-10-11-20(27-3)18(13-16)22-15(2)25/h4-5,7-8,10-11,13,19H,6,9,12H2,1-3H3,(H,22,25)(H,23,26). The molecule has 0 saturated carbocycles. The van der Waals surface area contributed by atoms with Gasteiger partial charge in [-0.2, -0.15) is 0 Å². The minimum absolute atomic E-state index is 0.0827. The van der Waals surface area contributed by atoms with Gasteiger partial charge < -0.3 is 20.3 Å². The number of nitrogens with one attached hydrogen (secondary N) is 2. The number of benzene rings is 2. The first-order valence-corrected chi connectivity index (χ1v) is 9.08. The Balaban J connectivity index is 1.78. The van der Waals surface area contributed by atoms with Gasteiger partial charge in [0.05, 0.1) is 18.8 Å². The lowest BCUT2D eigenvalue weighted by atomic mass is 9.99. The van der Waals surface area contributed by atoms with Crippen LogP contribution in [0.25, 0.3) is 0 Å². The van der Waals surface area contributed by atoms with Crippen LogP contribution in [-0.4, -0.2) is 30.5 Å². The van der Waals surface area contributed by atoms with Crippen molar-refractivity contribution in [3.63, 3.8) is 0 Å². The number of hydrogen-bond acceptors (Lipinski definition) is 3. The number of amides is 3. The Bertz CT molecular complexity index is 850. The Hall–Kier alpha value is -3.02. The smallest absolute Gasteiger partial charge is 0.322 e. The Kier molecular flexibility index (Phi) is 5.64. The zero-order valence-corrected chi connectivity index (χ0v) is 15.9. The number of methoxy groups -OCH3 is 1. The van der Waals surface area contributed by atoms with Crippen LogP contribution in [0.1, 0.15) is 36.9 Å². The van der Waals surface area contributed by atoms with Crippen molar-refractivity contribution in [2.24, 2.45) is 0 Å². The number of likely N-dealkylation sites (tertiary alicyclic amines) is 1. The zero-order chi connectivity index (χ0) is 19.4. The number of carbonyl (C=O) groups is 2. The summed E-state index contributed by atoms with van der Waals surface area (Å²) in [7, 11) is 1.54. The molecule has 1 saturated heterocycles. The summed E-state index contributed by atoms with van der Waals surface area (Å²) in [5, 5.41) is 5.67. The molecule has 142 valence electrons. The van der Waals surface area contributed by atoms with Crippen molar-refractivity contribution in [2.45, 2.75) is 32.7 Å². The molecule has 0 aliphatic carbocycles. The summed E-state index contributed by atoms with van der Waals surface area (Å²) in [5.41, 5.74) is 3.53. The minimum Gasteiger partial charge on any atom is -0.495 e. The summed E-state index contributed by atoms with van der Waals surface area (Å²) in [4.78, 5) is 26.2. The molecule has 3 rings (SSSR count). The topological polar surface area (TPSA) is 70.7 Å². The molecule has 1 aliphatic rings. The molecular formula is C21H25N3O3. The predicted octanol–water partition coefficient (Wildman–Crippen LogP) is 4.33. The van der Waals surface area contributed by atoms with Crippen LogP contribution in [0.3, 0.4) is 0 Å². The second-order valence-corrected chi connectivity index (χ2v) is 6.73. The number of ether oxygens (including phenoxy) is 1. The Labute approximate surface area is 159 Å². The normalized spacial score (nSPS) is 16.1. The van der Waals surface area contributed by atoms with Crippen LogP contribution in [0.15, 0.2) is 42.5 Å². The van der Waals surface area contributed by atoms with E-state index in [0.717, 1.165) is 19.4 Å². The fourth-order valence-electron chi connectivity index (χ4n) is 3.56. The van der Waals surface area contributed by atoms with E-state index in [1.807, 2.05) is 17.0 Å². The van der Waals surface area contributed by atoms with Gasteiger partial charge in [0.25, 0.3) is 0 Å². The first-order valence-electron chi connectivity index (χ1n) is 9.08. The quantitative estimate of drug-likeness (QED) is 0.845. The van der Waals surface area contributed by atoms with E-state index in [4.69, 9.17) is 4.74 Å². The Morgan fingerprint density at radius 3 is 2.63 bits per heavy atom. The highest BCUT2D eigenvalue weighted by Crippen LogP contribution is 2.34. The fraction of sp³-hybridized carbons (Fsp3) is 0.333. The van der Waals surface area contributed by atoms with Crippen LogP contribution in [0, 0.1) is 6.92 Å². The van der Waals surface area contributed by atoms with Gasteiger partial charge in [0.2, 0.25) is 5.91 Å². The van der Waals surface area contributed by atoms with E-state index in [1.54, 1.807) is 18.2 Å². The number of nitrogens with zero attached hydrogens (tertiary/aromatic N) is 1. The summed E-state index contributed by atoms with van der Waals surface area (Å²) < 4.78 is 5.26. The summed E-state index contributed by atoms with van der Waals surface area (Å²) in [6, 6.07) is 13.3. The maximum atomic E-state index is 12.9. The van der Waals surface area contributed by atoms with Crippen molar-refractivity contribution >= 4 is 23.3 Å². The van der Waals surface area contributed by atoms with E-state index >= 15 is 0 Å². The molecule has 2 aromatic carbocycles. The lowest BCUT2D eigenvalue weighted by molar-refractivity contribution is -0.114. The van der Waals surface area contributed by atoms with Crippen LogP contribution < -0.4 is 15.4 Å². The molecule has 0 aromatic heterocycles. The number of carbonyl (C=O) groups excluding carboxylic acids is 2. The van der Waals surface area contributed by atoms with Gasteiger partial charge in [-0.05, 0) is 49.1 Å². The molecule has 6 nitrogen and oxygen atoms in total. The fourth-order valence-corrected chi connectivity index (χ4v) is 3.56. The van der Waals surface area contributed by atoms with E-state index < -0.39 is 0 Å². The highest BCUT2D eigenvalue weighted by Gasteiger charge is 2.30. The average molecular weight is 367 g/mol. The molecule has 2 N–H and O–H groups in total. The van der Waals surface area contributed by atoms with Gasteiger partial charge in [-0.15, -0.1) is 0 Å². The van der Waals surface area contributed by atoms with Crippen molar-refractivity contribution in [3.8, 4) is 5.75 Å². The predicted molar refractivity (Wildman–Crippen MR) is 106 cm³/mol. The molecule has 1 aliphatic heterocycles. The second kappa shape index (κ2) is 8.12. The number of urea groups is 1. The Morgan fingerprint density at radius 1 is 1.15 bits per heavy atom. The van der Waals surface area contributed by atoms with Crippen molar-refractivity contribution in [1.82, 2.24) is 4.90 Å². The summed E-state index contributed by atoms with van der Waals surface area (Å²) in [6.45, 7) is 4.23. The van der Waals surface area contributed by atoms with Crippen LogP contribution in [-0.2, 0) is 4.79 Å². The van der Waals surface area contributed by atoms with Crippen LogP contribution >= 0.6 is 0 Å². The van der Waals surface area contributed by atoms with E-state index in [1.165, 1.54) is 25.2 Å².